The molecule has 2 N–H and O–H groups in total. The minimum atomic E-state index is 0. The van der Waals surface area contributed by atoms with Crippen molar-refractivity contribution in [1.82, 2.24) is 4.98 Å². The van der Waals surface area contributed by atoms with Gasteiger partial charge in [0.15, 0.2) is 0 Å². The SMILES string of the molecule is CN(C)c1cc(N)c2cc(Cl)ccc2n1.Cl. The Morgan fingerprint density at radius 2 is 1.94 bits per heavy atom. The van der Waals surface area contributed by atoms with Crippen LogP contribution in [0, 0.1) is 0 Å². The van der Waals surface area contributed by atoms with Crippen LogP contribution in [0.3, 0.4) is 0 Å². The molecule has 0 aliphatic carbocycles. The number of nitrogen functional groups attached to an aromatic ring is 1. The van der Waals surface area contributed by atoms with Crippen LogP contribution in [0.2, 0.25) is 5.02 Å². The Balaban J connectivity index is 0.00000128. The van der Waals surface area contributed by atoms with Crippen LogP contribution in [0.15, 0.2) is 24.3 Å². The van der Waals surface area contributed by atoms with Gasteiger partial charge in [-0.25, -0.2) is 4.98 Å². The molecule has 0 amide bonds. The van der Waals surface area contributed by atoms with Crippen molar-refractivity contribution >= 4 is 46.4 Å². The Bertz CT molecular complexity index is 512. The Hall–Kier alpha value is -1.19. The van der Waals surface area contributed by atoms with Crippen LogP contribution in [0.25, 0.3) is 10.9 Å². The van der Waals surface area contributed by atoms with Crippen LogP contribution in [-0.4, -0.2) is 19.1 Å². The summed E-state index contributed by atoms with van der Waals surface area (Å²) in [6.07, 6.45) is 0. The van der Waals surface area contributed by atoms with Crippen LogP contribution < -0.4 is 10.6 Å². The van der Waals surface area contributed by atoms with Crippen LogP contribution in [0.5, 0.6) is 0 Å². The third kappa shape index (κ3) is 2.31. The number of pyridine rings is 1. The Kier molecular flexibility index (Phi) is 3.83. The second-order valence-corrected chi connectivity index (χ2v) is 4.06. The zero-order chi connectivity index (χ0) is 11.0. The highest BCUT2D eigenvalue weighted by atomic mass is 35.5. The molecule has 5 heteroatoms. The quantitative estimate of drug-likeness (QED) is 0.855. The number of hydrogen-bond acceptors (Lipinski definition) is 3. The number of nitrogens with two attached hydrogens (primary N) is 1. The van der Waals surface area contributed by atoms with Crippen molar-refractivity contribution in [2.45, 2.75) is 0 Å². The maximum absolute atomic E-state index is 5.94. The minimum Gasteiger partial charge on any atom is -0.398 e. The molecule has 0 radical (unpaired) electrons. The second kappa shape index (κ2) is 4.76. The molecule has 1 aromatic heterocycles. The molecule has 2 rings (SSSR count). The van der Waals surface area contributed by atoms with E-state index in [9.17, 15) is 0 Å². The minimum absolute atomic E-state index is 0. The number of fused-ring (bicyclic) bond motifs is 1. The van der Waals surface area contributed by atoms with Crippen molar-refractivity contribution < 1.29 is 0 Å². The fourth-order valence-electron chi connectivity index (χ4n) is 1.44. The van der Waals surface area contributed by atoms with Crippen LogP contribution in [0.4, 0.5) is 11.5 Å². The zero-order valence-electron chi connectivity index (χ0n) is 9.07. The molecule has 16 heavy (non-hydrogen) atoms. The number of aromatic nitrogens is 1. The monoisotopic (exact) mass is 257 g/mol. The molecule has 0 saturated carbocycles. The summed E-state index contributed by atoms with van der Waals surface area (Å²) in [4.78, 5) is 6.38. The first kappa shape index (κ1) is 12.9. The summed E-state index contributed by atoms with van der Waals surface area (Å²) in [5, 5.41) is 1.57. The highest BCUT2D eigenvalue weighted by Crippen LogP contribution is 2.26. The lowest BCUT2D eigenvalue weighted by atomic mass is 10.2. The van der Waals surface area contributed by atoms with Gasteiger partial charge in [-0.2, -0.15) is 0 Å². The molecule has 0 aliphatic heterocycles. The molecule has 0 saturated heterocycles. The van der Waals surface area contributed by atoms with Gasteiger partial charge >= 0.3 is 0 Å². The predicted octanol–water partition coefficient (Wildman–Crippen LogP) is 2.96. The molecular formula is C11H13Cl2N3. The summed E-state index contributed by atoms with van der Waals surface area (Å²) in [6.45, 7) is 0. The molecule has 1 aromatic carbocycles. The van der Waals surface area contributed by atoms with Crippen LogP contribution in [-0.2, 0) is 0 Å². The number of nitrogens with zero attached hydrogens (tertiary/aromatic N) is 2. The number of hydrogen-bond donors (Lipinski definition) is 1. The lowest BCUT2D eigenvalue weighted by Crippen LogP contribution is -2.11. The van der Waals surface area contributed by atoms with Gasteiger partial charge < -0.3 is 10.6 Å². The molecule has 3 nitrogen and oxygen atoms in total. The number of anilines is 2. The van der Waals surface area contributed by atoms with Crippen LogP contribution >= 0.6 is 24.0 Å². The summed E-state index contributed by atoms with van der Waals surface area (Å²) in [6, 6.07) is 7.37. The predicted molar refractivity (Wildman–Crippen MR) is 72.7 cm³/mol. The van der Waals surface area contributed by atoms with Gasteiger partial charge in [-0.05, 0) is 18.2 Å². The van der Waals surface area contributed by atoms with Crippen molar-refractivity contribution in [2.75, 3.05) is 24.7 Å². The first-order chi connectivity index (χ1) is 7.08. The molecule has 0 atom stereocenters. The first-order valence-electron chi connectivity index (χ1n) is 4.61. The van der Waals surface area contributed by atoms with E-state index in [0.29, 0.717) is 10.7 Å². The third-order valence-corrected chi connectivity index (χ3v) is 2.48. The van der Waals surface area contributed by atoms with Gasteiger partial charge in [0.1, 0.15) is 5.82 Å². The average Bonchev–Trinajstić information content (AvgIpc) is 2.18. The van der Waals surface area contributed by atoms with Gasteiger partial charge in [-0.15, -0.1) is 12.4 Å². The molecular weight excluding hydrogens is 245 g/mol. The lowest BCUT2D eigenvalue weighted by Gasteiger charge is -2.13. The molecule has 2 aromatic rings. The standard InChI is InChI=1S/C11H12ClN3.ClH/c1-15(2)11-6-9(13)8-5-7(12)3-4-10(8)14-11;/h3-6H,1-2H3,(H2,13,14);1H. The van der Waals surface area contributed by atoms with Gasteiger partial charge in [0.2, 0.25) is 0 Å². The Morgan fingerprint density at radius 3 is 2.56 bits per heavy atom. The van der Waals surface area contributed by atoms with Gasteiger partial charge in [-0.3, -0.25) is 0 Å². The number of halogens is 2. The molecule has 0 spiro atoms. The highest BCUT2D eigenvalue weighted by Gasteiger charge is 2.04. The van der Waals surface area contributed by atoms with Crippen LogP contribution in [0.1, 0.15) is 0 Å². The second-order valence-electron chi connectivity index (χ2n) is 3.63. The molecule has 1 heterocycles. The van der Waals surface area contributed by atoms with Gasteiger partial charge in [0, 0.05) is 36.3 Å². The van der Waals surface area contributed by atoms with Gasteiger partial charge in [0.05, 0.1) is 5.52 Å². The summed E-state index contributed by atoms with van der Waals surface area (Å²) in [5.74, 6) is 0.849. The van der Waals surface area contributed by atoms with E-state index in [1.54, 1.807) is 0 Å². The summed E-state index contributed by atoms with van der Waals surface area (Å²) in [5.41, 5.74) is 7.50. The van der Waals surface area contributed by atoms with E-state index in [4.69, 9.17) is 17.3 Å². The van der Waals surface area contributed by atoms with E-state index in [2.05, 4.69) is 4.98 Å². The van der Waals surface area contributed by atoms with E-state index in [1.165, 1.54) is 0 Å². The topological polar surface area (TPSA) is 42.1 Å². The van der Waals surface area contributed by atoms with E-state index in [0.717, 1.165) is 16.7 Å². The van der Waals surface area contributed by atoms with Crippen molar-refractivity contribution in [2.24, 2.45) is 0 Å². The molecule has 0 bridgehead atoms. The molecule has 0 fully saturated rings. The average molecular weight is 258 g/mol. The number of rotatable bonds is 1. The van der Waals surface area contributed by atoms with E-state index < -0.39 is 0 Å². The maximum Gasteiger partial charge on any atom is 0.130 e. The third-order valence-electron chi connectivity index (χ3n) is 2.25. The Morgan fingerprint density at radius 1 is 1.25 bits per heavy atom. The fraction of sp³-hybridized carbons (Fsp3) is 0.182. The van der Waals surface area contributed by atoms with E-state index in [-0.39, 0.29) is 12.4 Å². The summed E-state index contributed by atoms with van der Waals surface area (Å²) in [7, 11) is 3.87. The molecule has 0 aliphatic rings. The number of benzene rings is 1. The largest absolute Gasteiger partial charge is 0.398 e. The zero-order valence-corrected chi connectivity index (χ0v) is 10.6. The first-order valence-corrected chi connectivity index (χ1v) is 4.99. The van der Waals surface area contributed by atoms with E-state index in [1.807, 2.05) is 43.3 Å². The lowest BCUT2D eigenvalue weighted by molar-refractivity contribution is 1.08. The van der Waals surface area contributed by atoms with Gasteiger partial charge in [-0.1, -0.05) is 11.6 Å². The van der Waals surface area contributed by atoms with Crippen molar-refractivity contribution in [3.8, 4) is 0 Å². The highest BCUT2D eigenvalue weighted by molar-refractivity contribution is 6.31. The fourth-order valence-corrected chi connectivity index (χ4v) is 1.61. The van der Waals surface area contributed by atoms with Crippen molar-refractivity contribution in [3.63, 3.8) is 0 Å². The summed E-state index contributed by atoms with van der Waals surface area (Å²) < 4.78 is 0. The molecule has 0 unspecified atom stereocenters. The van der Waals surface area contributed by atoms with Crippen molar-refractivity contribution in [3.05, 3.63) is 29.3 Å². The normalized spacial score (nSPS) is 9.94. The smallest absolute Gasteiger partial charge is 0.130 e. The maximum atomic E-state index is 5.94. The summed E-state index contributed by atoms with van der Waals surface area (Å²) >= 11 is 5.90. The van der Waals surface area contributed by atoms with E-state index >= 15 is 0 Å². The van der Waals surface area contributed by atoms with Gasteiger partial charge in [0.25, 0.3) is 0 Å². The van der Waals surface area contributed by atoms with Crippen molar-refractivity contribution in [1.29, 1.82) is 0 Å². The molecule has 86 valence electrons. The Labute approximate surface area is 106 Å².